The standard InChI is InChI=1S/C21H24N4O5S/c1-15-3-2-8-22-20(15)23-21(27)16-13-19(26)25(14-16)17-4-6-18(7-5-17)31(28,29)24-9-11-30-12-10-24/h2-8,16H,9-14H2,1H3,(H,22,23,27)/t16-/m1/s1. The number of carbonyl (C=O) groups is 2. The molecule has 0 radical (unpaired) electrons. The van der Waals surface area contributed by atoms with Gasteiger partial charge < -0.3 is 15.0 Å². The molecule has 1 aromatic carbocycles. The van der Waals surface area contributed by atoms with Crippen molar-refractivity contribution in [3.63, 3.8) is 0 Å². The van der Waals surface area contributed by atoms with E-state index in [1.165, 1.54) is 21.3 Å². The van der Waals surface area contributed by atoms with Crippen molar-refractivity contribution in [2.75, 3.05) is 43.1 Å². The second kappa shape index (κ2) is 8.74. The van der Waals surface area contributed by atoms with Crippen LogP contribution in [-0.2, 0) is 24.3 Å². The third-order valence-corrected chi connectivity index (χ3v) is 7.42. The third kappa shape index (κ3) is 4.46. The van der Waals surface area contributed by atoms with Crippen molar-refractivity contribution < 1.29 is 22.7 Å². The Hall–Kier alpha value is -2.82. The van der Waals surface area contributed by atoms with Crippen LogP contribution in [0.4, 0.5) is 11.5 Å². The van der Waals surface area contributed by atoms with E-state index >= 15 is 0 Å². The molecule has 0 saturated carbocycles. The van der Waals surface area contributed by atoms with Crippen LogP contribution in [0.5, 0.6) is 0 Å². The molecule has 164 valence electrons. The van der Waals surface area contributed by atoms with Crippen LogP contribution in [0.25, 0.3) is 0 Å². The minimum Gasteiger partial charge on any atom is -0.379 e. The molecule has 3 heterocycles. The second-order valence-corrected chi connectivity index (χ2v) is 9.51. The van der Waals surface area contributed by atoms with E-state index < -0.39 is 15.9 Å². The van der Waals surface area contributed by atoms with Crippen molar-refractivity contribution >= 4 is 33.3 Å². The lowest BCUT2D eigenvalue weighted by molar-refractivity contribution is -0.122. The Morgan fingerprint density at radius 1 is 1.16 bits per heavy atom. The summed E-state index contributed by atoms with van der Waals surface area (Å²) in [5, 5.41) is 2.79. The highest BCUT2D eigenvalue weighted by Crippen LogP contribution is 2.28. The zero-order valence-corrected chi connectivity index (χ0v) is 18.0. The van der Waals surface area contributed by atoms with Gasteiger partial charge in [0.1, 0.15) is 5.82 Å². The van der Waals surface area contributed by atoms with Crippen LogP contribution < -0.4 is 10.2 Å². The van der Waals surface area contributed by atoms with E-state index in [4.69, 9.17) is 4.74 Å². The number of nitrogens with zero attached hydrogens (tertiary/aromatic N) is 3. The zero-order chi connectivity index (χ0) is 22.0. The highest BCUT2D eigenvalue weighted by molar-refractivity contribution is 7.89. The van der Waals surface area contributed by atoms with E-state index in [2.05, 4.69) is 10.3 Å². The number of pyridine rings is 1. The van der Waals surface area contributed by atoms with Gasteiger partial charge in [-0.25, -0.2) is 13.4 Å². The minimum absolute atomic E-state index is 0.0888. The van der Waals surface area contributed by atoms with Crippen LogP contribution in [0.2, 0.25) is 0 Å². The number of ether oxygens (including phenoxy) is 1. The van der Waals surface area contributed by atoms with Crippen LogP contribution in [0, 0.1) is 12.8 Å². The molecule has 0 unspecified atom stereocenters. The molecule has 0 spiro atoms. The first-order valence-electron chi connectivity index (χ1n) is 10.1. The quantitative estimate of drug-likeness (QED) is 0.747. The summed E-state index contributed by atoms with van der Waals surface area (Å²) in [4.78, 5) is 31.0. The van der Waals surface area contributed by atoms with E-state index in [-0.39, 0.29) is 29.7 Å². The van der Waals surface area contributed by atoms with Crippen molar-refractivity contribution in [3.8, 4) is 0 Å². The van der Waals surface area contributed by atoms with Crippen LogP contribution in [0.15, 0.2) is 47.5 Å². The lowest BCUT2D eigenvalue weighted by atomic mass is 10.1. The lowest BCUT2D eigenvalue weighted by Gasteiger charge is -2.26. The van der Waals surface area contributed by atoms with Gasteiger partial charge >= 0.3 is 0 Å². The van der Waals surface area contributed by atoms with E-state index in [1.807, 2.05) is 13.0 Å². The molecule has 2 aliphatic rings. The number of benzene rings is 1. The van der Waals surface area contributed by atoms with Gasteiger partial charge in [-0.15, -0.1) is 0 Å². The fourth-order valence-electron chi connectivity index (χ4n) is 3.70. The SMILES string of the molecule is Cc1cccnc1NC(=O)[C@@H]1CC(=O)N(c2ccc(S(=O)(=O)N3CCOCC3)cc2)C1. The molecule has 2 fully saturated rings. The predicted molar refractivity (Wildman–Crippen MR) is 114 cm³/mol. The number of hydrogen-bond donors (Lipinski definition) is 1. The highest BCUT2D eigenvalue weighted by Gasteiger charge is 2.35. The fourth-order valence-corrected chi connectivity index (χ4v) is 5.11. The molecule has 2 aliphatic heterocycles. The van der Waals surface area contributed by atoms with Gasteiger partial charge in [-0.3, -0.25) is 9.59 Å². The number of hydrogen-bond acceptors (Lipinski definition) is 6. The number of anilines is 2. The number of sulfonamides is 1. The van der Waals surface area contributed by atoms with E-state index in [9.17, 15) is 18.0 Å². The van der Waals surface area contributed by atoms with Crippen molar-refractivity contribution in [2.24, 2.45) is 5.92 Å². The minimum atomic E-state index is -3.60. The summed E-state index contributed by atoms with van der Waals surface area (Å²) in [6, 6.07) is 9.84. The average molecular weight is 445 g/mol. The Bertz CT molecular complexity index is 1080. The number of nitrogens with one attached hydrogen (secondary N) is 1. The number of rotatable bonds is 5. The van der Waals surface area contributed by atoms with E-state index in [1.54, 1.807) is 24.4 Å². The molecule has 10 heteroatoms. The zero-order valence-electron chi connectivity index (χ0n) is 17.2. The third-order valence-electron chi connectivity index (χ3n) is 5.50. The molecular formula is C21H24N4O5S. The van der Waals surface area contributed by atoms with Crippen LogP contribution in [0.3, 0.4) is 0 Å². The predicted octanol–water partition coefficient (Wildman–Crippen LogP) is 1.40. The molecule has 4 rings (SSSR count). The molecule has 2 amide bonds. The van der Waals surface area contributed by atoms with Gasteiger partial charge in [-0.2, -0.15) is 4.31 Å². The largest absolute Gasteiger partial charge is 0.379 e. The fraction of sp³-hybridized carbons (Fsp3) is 0.381. The van der Waals surface area contributed by atoms with Gasteiger partial charge in [0.2, 0.25) is 21.8 Å². The molecule has 31 heavy (non-hydrogen) atoms. The summed E-state index contributed by atoms with van der Waals surface area (Å²) in [6.45, 7) is 3.47. The normalized spacial score (nSPS) is 20.1. The van der Waals surface area contributed by atoms with Gasteiger partial charge in [-0.1, -0.05) is 6.07 Å². The Morgan fingerprint density at radius 3 is 2.55 bits per heavy atom. The first kappa shape index (κ1) is 21.4. The topological polar surface area (TPSA) is 109 Å². The number of carbonyl (C=O) groups excluding carboxylic acids is 2. The maximum absolute atomic E-state index is 12.8. The van der Waals surface area contributed by atoms with Crippen LogP contribution >= 0.6 is 0 Å². The maximum atomic E-state index is 12.8. The van der Waals surface area contributed by atoms with E-state index in [0.717, 1.165) is 5.56 Å². The summed E-state index contributed by atoms with van der Waals surface area (Å²) in [7, 11) is -3.60. The first-order chi connectivity index (χ1) is 14.9. The van der Waals surface area contributed by atoms with Gasteiger partial charge in [0.05, 0.1) is 24.0 Å². The van der Waals surface area contributed by atoms with E-state index in [0.29, 0.717) is 37.8 Å². The summed E-state index contributed by atoms with van der Waals surface area (Å²) in [6.07, 6.45) is 1.69. The molecule has 0 aliphatic carbocycles. The monoisotopic (exact) mass is 444 g/mol. The number of morpholine rings is 1. The molecule has 1 aromatic heterocycles. The lowest BCUT2D eigenvalue weighted by Crippen LogP contribution is -2.40. The molecule has 1 N–H and O–H groups in total. The van der Waals surface area contributed by atoms with Crippen LogP contribution in [-0.4, -0.2) is 62.4 Å². The molecule has 0 bridgehead atoms. The van der Waals surface area contributed by atoms with Crippen molar-refractivity contribution in [1.82, 2.24) is 9.29 Å². The Kier molecular flexibility index (Phi) is 6.03. The highest BCUT2D eigenvalue weighted by atomic mass is 32.2. The smallest absolute Gasteiger partial charge is 0.243 e. The Balaban J connectivity index is 1.44. The number of amides is 2. The Morgan fingerprint density at radius 2 is 1.87 bits per heavy atom. The number of aryl methyl sites for hydroxylation is 1. The molecule has 2 saturated heterocycles. The second-order valence-electron chi connectivity index (χ2n) is 7.57. The van der Waals surface area contributed by atoms with Crippen LogP contribution in [0.1, 0.15) is 12.0 Å². The first-order valence-corrected chi connectivity index (χ1v) is 11.5. The summed E-state index contributed by atoms with van der Waals surface area (Å²) in [5.74, 6) is -0.465. The number of aromatic nitrogens is 1. The Labute approximate surface area is 181 Å². The van der Waals surface area contributed by atoms with Crippen molar-refractivity contribution in [2.45, 2.75) is 18.2 Å². The van der Waals surface area contributed by atoms with Gasteiger partial charge in [-0.05, 0) is 42.8 Å². The molecule has 1 atom stereocenters. The summed E-state index contributed by atoms with van der Waals surface area (Å²) in [5.41, 5.74) is 1.41. The average Bonchev–Trinajstić information content (AvgIpc) is 3.18. The molecule has 9 nitrogen and oxygen atoms in total. The van der Waals surface area contributed by atoms with Crippen molar-refractivity contribution in [3.05, 3.63) is 48.2 Å². The summed E-state index contributed by atoms with van der Waals surface area (Å²) >= 11 is 0. The van der Waals surface area contributed by atoms with Crippen molar-refractivity contribution in [1.29, 1.82) is 0 Å². The molecule has 2 aromatic rings. The summed E-state index contributed by atoms with van der Waals surface area (Å²) < 4.78 is 32.1. The van der Waals surface area contributed by atoms with Gasteiger partial charge in [0.25, 0.3) is 0 Å². The van der Waals surface area contributed by atoms with Gasteiger partial charge in [0, 0.05) is 37.9 Å². The van der Waals surface area contributed by atoms with Gasteiger partial charge in [0.15, 0.2) is 0 Å². The molecular weight excluding hydrogens is 420 g/mol. The maximum Gasteiger partial charge on any atom is 0.243 e.